The summed E-state index contributed by atoms with van der Waals surface area (Å²) >= 11 is 4.25. The molecule has 0 radical (unpaired) electrons. The van der Waals surface area contributed by atoms with Gasteiger partial charge in [-0.3, -0.25) is 19.3 Å². The topological polar surface area (TPSA) is 66.5 Å². The third kappa shape index (κ3) is 4.48. The van der Waals surface area contributed by atoms with Gasteiger partial charge in [-0.2, -0.15) is 0 Å². The van der Waals surface area contributed by atoms with Crippen LogP contribution in [0.2, 0.25) is 0 Å². The summed E-state index contributed by atoms with van der Waals surface area (Å²) in [5, 5.41) is 2.28. The average Bonchev–Trinajstić information content (AvgIpc) is 2.88. The van der Waals surface area contributed by atoms with Crippen molar-refractivity contribution >= 4 is 56.5 Å². The fraction of sp³-hybridized carbons (Fsp3) is 0.150. The van der Waals surface area contributed by atoms with E-state index in [1.54, 1.807) is 12.1 Å². The van der Waals surface area contributed by atoms with Gasteiger partial charge in [0.25, 0.3) is 11.1 Å². The number of amides is 3. The van der Waals surface area contributed by atoms with Crippen molar-refractivity contribution in [3.05, 3.63) is 68.5 Å². The first-order valence-corrected chi connectivity index (χ1v) is 9.83. The highest BCUT2D eigenvalue weighted by molar-refractivity contribution is 9.10. The van der Waals surface area contributed by atoms with Crippen molar-refractivity contribution in [3.63, 3.8) is 0 Å². The Kier molecular flexibility index (Phi) is 5.82. The van der Waals surface area contributed by atoms with Crippen molar-refractivity contribution in [2.45, 2.75) is 13.8 Å². The summed E-state index contributed by atoms with van der Waals surface area (Å²) in [6.07, 6.45) is 1.65. The van der Waals surface area contributed by atoms with E-state index in [1.807, 2.05) is 50.2 Å². The smallest absolute Gasteiger partial charge is 0.294 e. The molecule has 0 atom stereocenters. The Bertz CT molecular complexity index is 971. The first-order chi connectivity index (χ1) is 12.8. The molecule has 2 aromatic rings. The number of thioether (sulfide) groups is 1. The zero-order valence-electron chi connectivity index (χ0n) is 14.8. The van der Waals surface area contributed by atoms with Gasteiger partial charge in [-0.1, -0.05) is 40.2 Å². The summed E-state index contributed by atoms with van der Waals surface area (Å²) in [5.41, 5.74) is 3.60. The highest BCUT2D eigenvalue weighted by atomic mass is 79.9. The summed E-state index contributed by atoms with van der Waals surface area (Å²) in [7, 11) is 0. The Balaban J connectivity index is 1.71. The number of aryl methyl sites for hydroxylation is 2. The summed E-state index contributed by atoms with van der Waals surface area (Å²) in [4.78, 5) is 38.3. The number of anilines is 1. The van der Waals surface area contributed by atoms with Crippen molar-refractivity contribution in [2.24, 2.45) is 0 Å². The Morgan fingerprint density at radius 2 is 1.89 bits per heavy atom. The molecule has 27 heavy (non-hydrogen) atoms. The minimum Gasteiger partial charge on any atom is -0.325 e. The molecule has 0 unspecified atom stereocenters. The molecular weight excluding hydrogens is 428 g/mol. The van der Waals surface area contributed by atoms with E-state index in [4.69, 9.17) is 0 Å². The van der Waals surface area contributed by atoms with Gasteiger partial charge in [-0.05, 0) is 66.6 Å². The number of rotatable bonds is 4. The van der Waals surface area contributed by atoms with Crippen molar-refractivity contribution in [1.29, 1.82) is 0 Å². The predicted molar refractivity (Wildman–Crippen MR) is 111 cm³/mol. The second-order valence-electron chi connectivity index (χ2n) is 6.14. The minimum absolute atomic E-state index is 0.297. The van der Waals surface area contributed by atoms with Gasteiger partial charge in [0.2, 0.25) is 5.91 Å². The molecule has 1 aliphatic heterocycles. The van der Waals surface area contributed by atoms with Crippen molar-refractivity contribution < 1.29 is 14.4 Å². The van der Waals surface area contributed by atoms with Crippen LogP contribution in [-0.4, -0.2) is 28.5 Å². The fourth-order valence-electron chi connectivity index (χ4n) is 2.53. The molecule has 138 valence electrons. The van der Waals surface area contributed by atoms with Crippen LogP contribution in [0.1, 0.15) is 16.7 Å². The number of nitrogens with zero attached hydrogens (tertiary/aromatic N) is 1. The van der Waals surface area contributed by atoms with Crippen LogP contribution in [0.4, 0.5) is 10.5 Å². The number of carbonyl (C=O) groups is 3. The third-order valence-corrected chi connectivity index (χ3v) is 5.79. The molecule has 3 rings (SSSR count). The van der Waals surface area contributed by atoms with E-state index >= 15 is 0 Å². The van der Waals surface area contributed by atoms with Gasteiger partial charge < -0.3 is 5.32 Å². The maximum atomic E-state index is 12.5. The number of imide groups is 1. The second-order valence-corrected chi connectivity index (χ2v) is 7.98. The van der Waals surface area contributed by atoms with Crippen LogP contribution < -0.4 is 5.32 Å². The monoisotopic (exact) mass is 444 g/mol. The van der Waals surface area contributed by atoms with Crippen LogP contribution in [0.3, 0.4) is 0 Å². The molecule has 3 amide bonds. The van der Waals surface area contributed by atoms with Gasteiger partial charge in [-0.15, -0.1) is 0 Å². The van der Waals surface area contributed by atoms with E-state index in [1.165, 1.54) is 0 Å². The maximum Gasteiger partial charge on any atom is 0.294 e. The number of hydrogen-bond acceptors (Lipinski definition) is 4. The minimum atomic E-state index is -0.462. The SMILES string of the molecule is Cc1ccc(NC(=O)CN2C(=O)S/C(=C/c3ccccc3Br)C2=O)cc1C. The molecule has 0 saturated carbocycles. The highest BCUT2D eigenvalue weighted by Gasteiger charge is 2.36. The Morgan fingerprint density at radius 1 is 1.15 bits per heavy atom. The van der Waals surface area contributed by atoms with Crippen molar-refractivity contribution in [3.8, 4) is 0 Å². The van der Waals surface area contributed by atoms with E-state index in [9.17, 15) is 14.4 Å². The number of carbonyl (C=O) groups excluding carboxylic acids is 3. The molecule has 7 heteroatoms. The predicted octanol–water partition coefficient (Wildman–Crippen LogP) is 4.74. The first-order valence-electron chi connectivity index (χ1n) is 8.22. The van der Waals surface area contributed by atoms with Crippen LogP contribution in [0.25, 0.3) is 6.08 Å². The number of nitrogens with one attached hydrogen (secondary N) is 1. The van der Waals surface area contributed by atoms with Gasteiger partial charge in [0, 0.05) is 10.2 Å². The Hall–Kier alpha value is -2.38. The molecule has 1 saturated heterocycles. The second kappa shape index (κ2) is 8.10. The van der Waals surface area contributed by atoms with E-state index in [2.05, 4.69) is 21.2 Å². The lowest BCUT2D eigenvalue weighted by Crippen LogP contribution is -2.36. The summed E-state index contributed by atoms with van der Waals surface area (Å²) in [6.45, 7) is 3.62. The molecule has 0 bridgehead atoms. The number of halogens is 1. The van der Waals surface area contributed by atoms with Gasteiger partial charge in [0.05, 0.1) is 4.91 Å². The largest absolute Gasteiger partial charge is 0.325 e. The standard InChI is InChI=1S/C20H17BrN2O3S/c1-12-7-8-15(9-13(12)2)22-18(24)11-23-19(25)17(27-20(23)26)10-14-5-3-4-6-16(14)21/h3-10H,11H2,1-2H3,(H,22,24)/b17-10+. The lowest BCUT2D eigenvalue weighted by molar-refractivity contribution is -0.127. The third-order valence-electron chi connectivity index (χ3n) is 4.16. The lowest BCUT2D eigenvalue weighted by atomic mass is 10.1. The lowest BCUT2D eigenvalue weighted by Gasteiger charge is -2.13. The molecular formula is C20H17BrN2O3S. The van der Waals surface area contributed by atoms with Crippen LogP contribution in [0.5, 0.6) is 0 Å². The van der Waals surface area contributed by atoms with E-state index in [-0.39, 0.29) is 6.54 Å². The van der Waals surface area contributed by atoms with E-state index in [0.29, 0.717) is 10.6 Å². The Morgan fingerprint density at radius 3 is 2.59 bits per heavy atom. The maximum absolute atomic E-state index is 12.5. The van der Waals surface area contributed by atoms with Gasteiger partial charge >= 0.3 is 0 Å². The molecule has 2 aromatic carbocycles. The van der Waals surface area contributed by atoms with Crippen LogP contribution in [-0.2, 0) is 9.59 Å². The molecule has 1 heterocycles. The molecule has 1 aliphatic rings. The van der Waals surface area contributed by atoms with Gasteiger partial charge in [0.1, 0.15) is 6.54 Å². The highest BCUT2D eigenvalue weighted by Crippen LogP contribution is 2.33. The number of benzene rings is 2. The summed E-state index contributed by atoms with van der Waals surface area (Å²) < 4.78 is 0.823. The molecule has 0 aliphatic carbocycles. The molecule has 5 nitrogen and oxygen atoms in total. The zero-order chi connectivity index (χ0) is 19.6. The van der Waals surface area contributed by atoms with Gasteiger partial charge in [-0.25, -0.2) is 0 Å². The van der Waals surface area contributed by atoms with Crippen LogP contribution >= 0.6 is 27.7 Å². The van der Waals surface area contributed by atoms with Crippen molar-refractivity contribution in [1.82, 2.24) is 4.90 Å². The van der Waals surface area contributed by atoms with Crippen molar-refractivity contribution in [2.75, 3.05) is 11.9 Å². The molecule has 0 spiro atoms. The zero-order valence-corrected chi connectivity index (χ0v) is 17.2. The molecule has 0 aromatic heterocycles. The normalized spacial score (nSPS) is 15.5. The Labute approximate surface area is 169 Å². The first kappa shape index (κ1) is 19.4. The van der Waals surface area contributed by atoms with E-state index in [0.717, 1.165) is 37.8 Å². The van der Waals surface area contributed by atoms with Crippen LogP contribution in [0, 0.1) is 13.8 Å². The van der Waals surface area contributed by atoms with E-state index < -0.39 is 17.1 Å². The molecule has 1 fully saturated rings. The van der Waals surface area contributed by atoms with Crippen LogP contribution in [0.15, 0.2) is 51.8 Å². The fourth-order valence-corrected chi connectivity index (χ4v) is 3.76. The molecule has 1 N–H and O–H groups in total. The van der Waals surface area contributed by atoms with Gasteiger partial charge in [0.15, 0.2) is 0 Å². The quantitative estimate of drug-likeness (QED) is 0.691. The summed E-state index contributed by atoms with van der Waals surface area (Å²) in [5.74, 6) is -0.876. The average molecular weight is 445 g/mol. The number of hydrogen-bond donors (Lipinski definition) is 1. The summed E-state index contributed by atoms with van der Waals surface area (Å²) in [6, 6.07) is 13.0.